The van der Waals surface area contributed by atoms with Crippen LogP contribution in [0.1, 0.15) is 26.2 Å². The number of aliphatic carboxylic acids is 1. The summed E-state index contributed by atoms with van der Waals surface area (Å²) in [4.78, 5) is 12.3. The Kier molecular flexibility index (Phi) is 4.02. The molecule has 0 aromatic heterocycles. The fourth-order valence-electron chi connectivity index (χ4n) is 2.03. The summed E-state index contributed by atoms with van der Waals surface area (Å²) in [6.45, 7) is 3.84. The summed E-state index contributed by atoms with van der Waals surface area (Å²) in [6.07, 6.45) is 0.111. The summed E-state index contributed by atoms with van der Waals surface area (Å²) in [6, 6.07) is 0. The van der Waals surface area contributed by atoms with Crippen molar-refractivity contribution in [3.05, 3.63) is 0 Å². The van der Waals surface area contributed by atoms with Gasteiger partial charge in [0.2, 0.25) is 0 Å². The van der Waals surface area contributed by atoms with Gasteiger partial charge in [0.05, 0.1) is 0 Å². The topological polar surface area (TPSA) is 40.5 Å². The lowest BCUT2D eigenvalue weighted by Gasteiger charge is -2.35. The van der Waals surface area contributed by atoms with Crippen LogP contribution in [0.4, 0.5) is 8.78 Å². The molecule has 1 unspecified atom stereocenters. The lowest BCUT2D eigenvalue weighted by molar-refractivity contribution is -0.151. The highest BCUT2D eigenvalue weighted by atomic mass is 19.3. The quantitative estimate of drug-likeness (QED) is 0.787. The molecule has 1 N–H and O–H groups in total. The molecule has 0 bridgehead atoms. The van der Waals surface area contributed by atoms with Gasteiger partial charge in [0.1, 0.15) is 6.42 Å². The van der Waals surface area contributed by atoms with Crippen molar-refractivity contribution in [2.45, 2.75) is 32.1 Å². The van der Waals surface area contributed by atoms with E-state index in [1.54, 1.807) is 0 Å². The van der Waals surface area contributed by atoms with Gasteiger partial charge in [-0.2, -0.15) is 0 Å². The van der Waals surface area contributed by atoms with Gasteiger partial charge in [0, 0.05) is 12.5 Å². The molecule has 1 atom stereocenters. The third kappa shape index (κ3) is 3.41. The maximum Gasteiger partial charge on any atom is 0.309 e. The van der Waals surface area contributed by atoms with E-state index in [1.165, 1.54) is 0 Å². The number of nitrogens with zero attached hydrogens (tertiary/aromatic N) is 1. The van der Waals surface area contributed by atoms with Crippen LogP contribution < -0.4 is 0 Å². The van der Waals surface area contributed by atoms with E-state index in [9.17, 15) is 13.6 Å². The lowest BCUT2D eigenvalue weighted by Crippen LogP contribution is -2.44. The highest BCUT2D eigenvalue weighted by molar-refractivity contribution is 5.67. The first kappa shape index (κ1) is 12.4. The fourth-order valence-corrected chi connectivity index (χ4v) is 2.03. The van der Waals surface area contributed by atoms with Crippen LogP contribution in [0.3, 0.4) is 0 Å². The molecule has 1 aliphatic rings. The van der Waals surface area contributed by atoms with Crippen LogP contribution in [0, 0.1) is 5.92 Å². The number of carbonyl (C=O) groups is 1. The minimum absolute atomic E-state index is 0.316. The van der Waals surface area contributed by atoms with E-state index in [1.807, 2.05) is 11.8 Å². The molecule has 1 aliphatic heterocycles. The smallest absolute Gasteiger partial charge is 0.309 e. The van der Waals surface area contributed by atoms with Crippen molar-refractivity contribution >= 4 is 5.97 Å². The molecule has 15 heavy (non-hydrogen) atoms. The first-order valence-electron chi connectivity index (χ1n) is 5.27. The highest BCUT2D eigenvalue weighted by Gasteiger charge is 2.43. The minimum atomic E-state index is -3.07. The summed E-state index contributed by atoms with van der Waals surface area (Å²) in [5, 5.41) is 8.41. The minimum Gasteiger partial charge on any atom is -0.481 e. The maximum atomic E-state index is 13.5. The first-order valence-corrected chi connectivity index (χ1v) is 5.27. The van der Waals surface area contributed by atoms with Crippen molar-refractivity contribution in [2.24, 2.45) is 5.92 Å². The maximum absolute atomic E-state index is 13.5. The Balaban J connectivity index is 2.57. The average molecular weight is 221 g/mol. The molecule has 88 valence electrons. The molecular weight excluding hydrogens is 204 g/mol. The fraction of sp³-hybridized carbons (Fsp3) is 0.900. The Labute approximate surface area is 88.1 Å². The number of carboxylic acid groups (broad SMARTS) is 1. The third-order valence-electron chi connectivity index (χ3n) is 2.94. The lowest BCUT2D eigenvalue weighted by atomic mass is 9.90. The highest BCUT2D eigenvalue weighted by Crippen LogP contribution is 2.34. The van der Waals surface area contributed by atoms with Crippen LogP contribution in [0.2, 0.25) is 0 Å². The average Bonchev–Trinajstić information content (AvgIpc) is 2.16. The molecule has 1 fully saturated rings. The van der Waals surface area contributed by atoms with Crippen LogP contribution in [-0.4, -0.2) is 41.5 Å². The number of alkyl halides is 2. The van der Waals surface area contributed by atoms with Crippen molar-refractivity contribution in [3.8, 4) is 0 Å². The predicted octanol–water partition coefficient (Wildman–Crippen LogP) is 1.83. The molecular formula is C10H17F2NO2. The standard InChI is InChI=1S/C10H17F2NO2/c1-2-13-5-3-4-8(7-13)10(11,12)6-9(14)15/h8H,2-7H2,1H3,(H,14,15). The van der Waals surface area contributed by atoms with Gasteiger partial charge in [0.25, 0.3) is 5.92 Å². The van der Waals surface area contributed by atoms with E-state index in [0.29, 0.717) is 13.0 Å². The van der Waals surface area contributed by atoms with Crippen LogP contribution in [-0.2, 0) is 4.79 Å². The van der Waals surface area contributed by atoms with Crippen molar-refractivity contribution < 1.29 is 18.7 Å². The number of piperidine rings is 1. The van der Waals surface area contributed by atoms with Crippen molar-refractivity contribution in [1.82, 2.24) is 4.90 Å². The van der Waals surface area contributed by atoms with Crippen molar-refractivity contribution in [2.75, 3.05) is 19.6 Å². The molecule has 0 aromatic carbocycles. The van der Waals surface area contributed by atoms with E-state index >= 15 is 0 Å². The molecule has 1 heterocycles. The second-order valence-electron chi connectivity index (χ2n) is 4.06. The normalized spacial score (nSPS) is 24.1. The van der Waals surface area contributed by atoms with E-state index in [0.717, 1.165) is 19.5 Å². The zero-order chi connectivity index (χ0) is 11.5. The van der Waals surface area contributed by atoms with E-state index < -0.39 is 24.2 Å². The van der Waals surface area contributed by atoms with E-state index in [4.69, 9.17) is 5.11 Å². The summed E-state index contributed by atoms with van der Waals surface area (Å²) < 4.78 is 26.9. The molecule has 0 aliphatic carbocycles. The van der Waals surface area contributed by atoms with Gasteiger partial charge >= 0.3 is 5.97 Å². The SMILES string of the molecule is CCN1CCCC(C(F)(F)CC(=O)O)C1. The Hall–Kier alpha value is -0.710. The van der Waals surface area contributed by atoms with Crippen molar-refractivity contribution in [3.63, 3.8) is 0 Å². The van der Waals surface area contributed by atoms with Crippen LogP contribution in [0.25, 0.3) is 0 Å². The number of hydrogen-bond acceptors (Lipinski definition) is 2. The van der Waals surface area contributed by atoms with Crippen LogP contribution in [0.5, 0.6) is 0 Å². The van der Waals surface area contributed by atoms with Gasteiger partial charge in [-0.15, -0.1) is 0 Å². The number of carboxylic acids is 1. The molecule has 3 nitrogen and oxygen atoms in total. The van der Waals surface area contributed by atoms with Crippen molar-refractivity contribution in [1.29, 1.82) is 0 Å². The Morgan fingerprint density at radius 1 is 1.60 bits per heavy atom. The van der Waals surface area contributed by atoms with Gasteiger partial charge in [0.15, 0.2) is 0 Å². The van der Waals surface area contributed by atoms with Gasteiger partial charge in [-0.3, -0.25) is 4.79 Å². The summed E-state index contributed by atoms with van der Waals surface area (Å²) in [7, 11) is 0. The number of hydrogen-bond donors (Lipinski definition) is 1. The Morgan fingerprint density at radius 2 is 2.27 bits per heavy atom. The molecule has 1 rings (SSSR count). The second-order valence-corrected chi connectivity index (χ2v) is 4.06. The summed E-state index contributed by atoms with van der Waals surface area (Å²) >= 11 is 0. The molecule has 0 saturated carbocycles. The molecule has 0 amide bonds. The van der Waals surface area contributed by atoms with Gasteiger partial charge < -0.3 is 10.0 Å². The zero-order valence-electron chi connectivity index (χ0n) is 8.88. The molecule has 1 saturated heterocycles. The monoisotopic (exact) mass is 221 g/mol. The van der Waals surface area contributed by atoms with Gasteiger partial charge in [-0.1, -0.05) is 6.92 Å². The number of likely N-dealkylation sites (tertiary alicyclic amines) is 1. The predicted molar refractivity (Wildman–Crippen MR) is 52.0 cm³/mol. The van der Waals surface area contributed by atoms with Gasteiger partial charge in [-0.25, -0.2) is 8.78 Å². The molecule has 5 heteroatoms. The van der Waals surface area contributed by atoms with E-state index in [2.05, 4.69) is 0 Å². The summed E-state index contributed by atoms with van der Waals surface area (Å²) in [5.74, 6) is -5.30. The van der Waals surface area contributed by atoms with E-state index in [-0.39, 0.29) is 0 Å². The first-order chi connectivity index (χ1) is 6.95. The van der Waals surface area contributed by atoms with Gasteiger partial charge in [-0.05, 0) is 25.9 Å². The Morgan fingerprint density at radius 3 is 2.80 bits per heavy atom. The zero-order valence-corrected chi connectivity index (χ0v) is 8.88. The number of rotatable bonds is 4. The van der Waals surface area contributed by atoms with Crippen LogP contribution in [0.15, 0.2) is 0 Å². The second kappa shape index (κ2) is 4.88. The molecule has 0 aromatic rings. The Bertz CT molecular complexity index is 233. The molecule has 0 spiro atoms. The largest absolute Gasteiger partial charge is 0.481 e. The summed E-state index contributed by atoms with van der Waals surface area (Å²) in [5.41, 5.74) is 0. The molecule has 0 radical (unpaired) electrons. The van der Waals surface area contributed by atoms with Crippen LogP contribution >= 0.6 is 0 Å². The number of halogens is 2. The third-order valence-corrected chi connectivity index (χ3v) is 2.94.